The minimum absolute atomic E-state index is 0.271. The molecule has 6 heteroatoms. The Bertz CT molecular complexity index is 899. The van der Waals surface area contributed by atoms with E-state index in [2.05, 4.69) is 10.3 Å². The fourth-order valence-electron chi connectivity index (χ4n) is 2.32. The van der Waals surface area contributed by atoms with Crippen molar-refractivity contribution < 1.29 is 14.3 Å². The molecule has 0 saturated carbocycles. The Kier molecular flexibility index (Phi) is 4.47. The second kappa shape index (κ2) is 6.87. The highest BCUT2D eigenvalue weighted by Gasteiger charge is 2.07. The van der Waals surface area contributed by atoms with Crippen LogP contribution in [0.15, 0.2) is 54.9 Å². The van der Waals surface area contributed by atoms with Crippen molar-refractivity contribution in [1.82, 2.24) is 9.38 Å². The van der Waals surface area contributed by atoms with Crippen LogP contribution < -0.4 is 14.8 Å². The highest BCUT2D eigenvalue weighted by molar-refractivity contribution is 6.02. The molecule has 24 heavy (non-hydrogen) atoms. The van der Waals surface area contributed by atoms with E-state index in [0.29, 0.717) is 17.2 Å². The van der Waals surface area contributed by atoms with Gasteiger partial charge in [-0.1, -0.05) is 6.07 Å². The van der Waals surface area contributed by atoms with Crippen LogP contribution in [0.1, 0.15) is 5.69 Å². The number of nitrogens with one attached hydrogen (secondary N) is 1. The van der Waals surface area contributed by atoms with E-state index in [9.17, 15) is 4.79 Å². The average molecular weight is 323 g/mol. The monoisotopic (exact) mass is 323 g/mol. The van der Waals surface area contributed by atoms with Crippen molar-refractivity contribution >= 4 is 23.3 Å². The van der Waals surface area contributed by atoms with E-state index in [-0.39, 0.29) is 5.91 Å². The number of hydrogen-bond acceptors (Lipinski definition) is 4. The number of amides is 1. The lowest BCUT2D eigenvalue weighted by atomic mass is 10.2. The van der Waals surface area contributed by atoms with Crippen molar-refractivity contribution in [3.05, 3.63) is 60.6 Å². The fourth-order valence-corrected chi connectivity index (χ4v) is 2.32. The molecule has 122 valence electrons. The van der Waals surface area contributed by atoms with Crippen LogP contribution in [0.25, 0.3) is 11.7 Å². The van der Waals surface area contributed by atoms with Gasteiger partial charge in [0, 0.05) is 18.3 Å². The number of ether oxygens (including phenoxy) is 2. The second-order valence-corrected chi connectivity index (χ2v) is 5.00. The van der Waals surface area contributed by atoms with Gasteiger partial charge in [-0.3, -0.25) is 4.79 Å². The zero-order valence-corrected chi connectivity index (χ0v) is 13.4. The van der Waals surface area contributed by atoms with Crippen molar-refractivity contribution in [3.63, 3.8) is 0 Å². The number of methoxy groups -OCH3 is 2. The molecule has 0 fully saturated rings. The van der Waals surface area contributed by atoms with Crippen LogP contribution in [0.5, 0.6) is 11.5 Å². The summed E-state index contributed by atoms with van der Waals surface area (Å²) in [5.74, 6) is 0.927. The second-order valence-electron chi connectivity index (χ2n) is 5.00. The van der Waals surface area contributed by atoms with Crippen LogP contribution in [0.4, 0.5) is 5.69 Å². The van der Waals surface area contributed by atoms with Crippen LogP contribution in [0, 0.1) is 0 Å². The number of aromatic nitrogens is 2. The van der Waals surface area contributed by atoms with Gasteiger partial charge in [-0.25, -0.2) is 4.98 Å². The molecule has 0 aliphatic heterocycles. The number of nitrogens with zero attached hydrogens (tertiary/aromatic N) is 2. The third kappa shape index (κ3) is 3.22. The smallest absolute Gasteiger partial charge is 0.248 e. The number of carbonyl (C=O) groups excluding carboxylic acids is 1. The minimum atomic E-state index is -0.271. The lowest BCUT2D eigenvalue weighted by molar-refractivity contribution is -0.111. The standard InChI is InChI=1S/C18H17N3O3/c1-23-14-7-8-16(24-2)15(11-14)20-18(22)9-6-13-12-19-17-5-3-4-10-21(13)17/h3-12H,1-2H3,(H,20,22)/b9-6+. The van der Waals surface area contributed by atoms with Crippen LogP contribution >= 0.6 is 0 Å². The SMILES string of the molecule is COc1ccc(OC)c(NC(=O)/C=C/c2cnc3ccccn23)c1. The van der Waals surface area contributed by atoms with E-state index in [1.807, 2.05) is 28.8 Å². The zero-order chi connectivity index (χ0) is 16.9. The first-order valence-corrected chi connectivity index (χ1v) is 7.34. The highest BCUT2D eigenvalue weighted by Crippen LogP contribution is 2.28. The van der Waals surface area contributed by atoms with Gasteiger partial charge in [0.2, 0.25) is 5.91 Å². The van der Waals surface area contributed by atoms with Gasteiger partial charge in [-0.15, -0.1) is 0 Å². The molecule has 0 bridgehead atoms. The molecule has 3 aromatic rings. The van der Waals surface area contributed by atoms with Gasteiger partial charge in [0.1, 0.15) is 17.1 Å². The first kappa shape index (κ1) is 15.6. The highest BCUT2D eigenvalue weighted by atomic mass is 16.5. The van der Waals surface area contributed by atoms with Crippen molar-refractivity contribution in [2.75, 3.05) is 19.5 Å². The summed E-state index contributed by atoms with van der Waals surface area (Å²) in [5, 5.41) is 2.79. The quantitative estimate of drug-likeness (QED) is 0.733. The third-order valence-corrected chi connectivity index (χ3v) is 3.52. The Morgan fingerprint density at radius 2 is 2.08 bits per heavy atom. The molecule has 1 N–H and O–H groups in total. The molecule has 0 aliphatic carbocycles. The Hall–Kier alpha value is -3.28. The summed E-state index contributed by atoms with van der Waals surface area (Å²) in [6.45, 7) is 0. The molecule has 6 nitrogen and oxygen atoms in total. The predicted octanol–water partition coefficient (Wildman–Crippen LogP) is 3.00. The molecule has 0 spiro atoms. The molecule has 2 aromatic heterocycles. The summed E-state index contributed by atoms with van der Waals surface area (Å²) >= 11 is 0. The Labute approximate surface area is 139 Å². The summed E-state index contributed by atoms with van der Waals surface area (Å²) in [6.07, 6.45) is 6.77. The lowest BCUT2D eigenvalue weighted by Crippen LogP contribution is -2.09. The van der Waals surface area contributed by atoms with Gasteiger partial charge in [0.05, 0.1) is 31.8 Å². The number of carbonyl (C=O) groups is 1. The first-order chi connectivity index (χ1) is 11.7. The van der Waals surface area contributed by atoms with Gasteiger partial charge in [0.25, 0.3) is 0 Å². The van der Waals surface area contributed by atoms with Gasteiger partial charge in [-0.2, -0.15) is 0 Å². The van der Waals surface area contributed by atoms with E-state index in [1.165, 1.54) is 6.08 Å². The molecule has 1 amide bonds. The number of pyridine rings is 1. The predicted molar refractivity (Wildman–Crippen MR) is 92.4 cm³/mol. The number of anilines is 1. The number of hydrogen-bond donors (Lipinski definition) is 1. The molecule has 0 radical (unpaired) electrons. The molecule has 1 aromatic carbocycles. The van der Waals surface area contributed by atoms with E-state index in [4.69, 9.17) is 9.47 Å². The normalized spacial score (nSPS) is 10.9. The van der Waals surface area contributed by atoms with Crippen molar-refractivity contribution in [2.24, 2.45) is 0 Å². The van der Waals surface area contributed by atoms with E-state index >= 15 is 0 Å². The van der Waals surface area contributed by atoms with E-state index in [1.54, 1.807) is 44.7 Å². The first-order valence-electron chi connectivity index (χ1n) is 7.34. The maximum absolute atomic E-state index is 12.2. The van der Waals surface area contributed by atoms with Gasteiger partial charge in [0.15, 0.2) is 0 Å². The summed E-state index contributed by atoms with van der Waals surface area (Å²) in [6, 6.07) is 10.9. The van der Waals surface area contributed by atoms with Crippen LogP contribution in [0.2, 0.25) is 0 Å². The zero-order valence-electron chi connectivity index (χ0n) is 13.4. The Morgan fingerprint density at radius 1 is 1.21 bits per heavy atom. The summed E-state index contributed by atoms with van der Waals surface area (Å²) in [7, 11) is 3.11. The Balaban J connectivity index is 1.78. The lowest BCUT2D eigenvalue weighted by Gasteiger charge is -2.10. The van der Waals surface area contributed by atoms with Crippen LogP contribution in [0.3, 0.4) is 0 Å². The van der Waals surface area contributed by atoms with Crippen LogP contribution in [-0.4, -0.2) is 29.5 Å². The van der Waals surface area contributed by atoms with E-state index < -0.39 is 0 Å². The van der Waals surface area contributed by atoms with Crippen molar-refractivity contribution in [1.29, 1.82) is 0 Å². The van der Waals surface area contributed by atoms with E-state index in [0.717, 1.165) is 11.3 Å². The summed E-state index contributed by atoms with van der Waals surface area (Å²) in [5.41, 5.74) is 2.19. The number of imidazole rings is 1. The molecular formula is C18H17N3O3. The summed E-state index contributed by atoms with van der Waals surface area (Å²) in [4.78, 5) is 16.5. The molecule has 0 saturated heterocycles. The van der Waals surface area contributed by atoms with Crippen molar-refractivity contribution in [2.45, 2.75) is 0 Å². The molecule has 0 atom stereocenters. The molecular weight excluding hydrogens is 306 g/mol. The summed E-state index contributed by atoms with van der Waals surface area (Å²) < 4.78 is 12.3. The van der Waals surface area contributed by atoms with Crippen LogP contribution in [-0.2, 0) is 4.79 Å². The average Bonchev–Trinajstić information content (AvgIpc) is 3.03. The number of benzene rings is 1. The topological polar surface area (TPSA) is 64.9 Å². The van der Waals surface area contributed by atoms with Gasteiger partial charge >= 0.3 is 0 Å². The molecule has 2 heterocycles. The minimum Gasteiger partial charge on any atom is -0.497 e. The molecule has 3 rings (SSSR count). The maximum atomic E-state index is 12.2. The number of fused-ring (bicyclic) bond motifs is 1. The molecule has 0 unspecified atom stereocenters. The largest absolute Gasteiger partial charge is 0.497 e. The van der Waals surface area contributed by atoms with Gasteiger partial charge < -0.3 is 19.2 Å². The van der Waals surface area contributed by atoms with Crippen molar-refractivity contribution in [3.8, 4) is 11.5 Å². The fraction of sp³-hybridized carbons (Fsp3) is 0.111. The van der Waals surface area contributed by atoms with Gasteiger partial charge in [-0.05, 0) is 30.3 Å². The Morgan fingerprint density at radius 3 is 2.88 bits per heavy atom. The third-order valence-electron chi connectivity index (χ3n) is 3.52. The maximum Gasteiger partial charge on any atom is 0.248 e. The molecule has 0 aliphatic rings. The number of rotatable bonds is 5.